The van der Waals surface area contributed by atoms with Gasteiger partial charge < -0.3 is 9.09 Å². The predicted octanol–water partition coefficient (Wildman–Crippen LogP) is 3.49. The summed E-state index contributed by atoms with van der Waals surface area (Å²) in [5, 5.41) is 3.80. The number of hydrogen-bond acceptors (Lipinski definition) is 5. The number of rotatable bonds is 4. The zero-order valence-corrected chi connectivity index (χ0v) is 17.1. The van der Waals surface area contributed by atoms with Crippen LogP contribution in [0.1, 0.15) is 36.0 Å². The van der Waals surface area contributed by atoms with Crippen molar-refractivity contribution in [2.24, 2.45) is 0 Å². The van der Waals surface area contributed by atoms with E-state index in [1.165, 1.54) is 0 Å². The Balaban J connectivity index is 1.57. The molecule has 0 atom stereocenters. The van der Waals surface area contributed by atoms with Crippen LogP contribution >= 0.6 is 0 Å². The van der Waals surface area contributed by atoms with Crippen LogP contribution in [0.4, 0.5) is 0 Å². The highest BCUT2D eigenvalue weighted by molar-refractivity contribution is 7.89. The van der Waals surface area contributed by atoms with Crippen LogP contribution in [-0.4, -0.2) is 40.5 Å². The van der Waals surface area contributed by atoms with Crippen LogP contribution in [-0.2, 0) is 10.0 Å². The molecule has 2 aromatic heterocycles. The van der Waals surface area contributed by atoms with E-state index in [-0.39, 0.29) is 10.9 Å². The average Bonchev–Trinajstić information content (AvgIpc) is 3.24. The molecular formula is C20H24N4O3S. The number of hydrogen-bond donors (Lipinski definition) is 0. The molecule has 3 aromatic rings. The highest BCUT2D eigenvalue weighted by Crippen LogP contribution is 2.33. The quantitative estimate of drug-likeness (QED) is 0.670. The highest BCUT2D eigenvalue weighted by Gasteiger charge is 2.34. The molecule has 148 valence electrons. The maximum atomic E-state index is 13.0. The van der Waals surface area contributed by atoms with Crippen LogP contribution in [0.15, 0.2) is 45.9 Å². The monoisotopic (exact) mass is 400 g/mol. The van der Waals surface area contributed by atoms with Gasteiger partial charge in [-0.3, -0.25) is 0 Å². The lowest BCUT2D eigenvalue weighted by Gasteiger charge is -2.33. The predicted molar refractivity (Wildman–Crippen MR) is 105 cm³/mol. The Morgan fingerprint density at radius 3 is 2.36 bits per heavy atom. The fraction of sp³-hybridized carbons (Fsp3) is 0.400. The molecule has 28 heavy (non-hydrogen) atoms. The van der Waals surface area contributed by atoms with Gasteiger partial charge in [0, 0.05) is 36.6 Å². The third-order valence-corrected chi connectivity index (χ3v) is 7.51. The van der Waals surface area contributed by atoms with Crippen LogP contribution in [0, 0.1) is 20.8 Å². The van der Waals surface area contributed by atoms with Crippen LogP contribution in [0.25, 0.3) is 11.4 Å². The van der Waals surface area contributed by atoms with Crippen LogP contribution < -0.4 is 0 Å². The van der Waals surface area contributed by atoms with Gasteiger partial charge in [-0.05, 0) is 33.6 Å². The van der Waals surface area contributed by atoms with Gasteiger partial charge in [0.1, 0.15) is 16.4 Å². The van der Waals surface area contributed by atoms with Crippen molar-refractivity contribution >= 4 is 10.0 Å². The second-order valence-corrected chi connectivity index (χ2v) is 9.12. The summed E-state index contributed by atoms with van der Waals surface area (Å²) in [5.41, 5.74) is 2.57. The average molecular weight is 401 g/mol. The summed E-state index contributed by atoms with van der Waals surface area (Å²) in [6, 6.07) is 10.3. The van der Waals surface area contributed by atoms with Gasteiger partial charge in [-0.25, -0.2) is 13.4 Å². The molecule has 0 radical (unpaired) electrons. The van der Waals surface area contributed by atoms with Crippen LogP contribution in [0.2, 0.25) is 0 Å². The molecule has 1 fully saturated rings. The van der Waals surface area contributed by atoms with E-state index in [4.69, 9.17) is 4.52 Å². The number of imidazole rings is 1. The summed E-state index contributed by atoms with van der Waals surface area (Å²) >= 11 is 0. The Hall–Kier alpha value is -2.45. The molecule has 3 heterocycles. The summed E-state index contributed by atoms with van der Waals surface area (Å²) in [5.74, 6) is 1.28. The summed E-state index contributed by atoms with van der Waals surface area (Å²) in [7, 11) is -3.59. The highest BCUT2D eigenvalue weighted by atomic mass is 32.2. The zero-order valence-electron chi connectivity index (χ0n) is 16.3. The Bertz CT molecular complexity index is 1060. The fourth-order valence-corrected chi connectivity index (χ4v) is 5.78. The Labute approximate surface area is 165 Å². The Morgan fingerprint density at radius 2 is 1.75 bits per heavy atom. The van der Waals surface area contributed by atoms with Gasteiger partial charge in [0.05, 0.1) is 0 Å². The smallest absolute Gasteiger partial charge is 0.248 e. The Kier molecular flexibility index (Phi) is 4.84. The summed E-state index contributed by atoms with van der Waals surface area (Å²) in [4.78, 5) is 4.81. The van der Waals surface area contributed by atoms with Gasteiger partial charge in [0.2, 0.25) is 10.0 Å². The second kappa shape index (κ2) is 7.18. The minimum Gasteiger partial charge on any atom is -0.360 e. The van der Waals surface area contributed by atoms with Gasteiger partial charge in [0.25, 0.3) is 0 Å². The molecule has 1 aliphatic rings. The van der Waals surface area contributed by atoms with E-state index in [9.17, 15) is 8.42 Å². The molecule has 0 amide bonds. The van der Waals surface area contributed by atoms with Gasteiger partial charge in [-0.2, -0.15) is 4.31 Å². The van der Waals surface area contributed by atoms with Crippen molar-refractivity contribution in [2.75, 3.05) is 13.1 Å². The molecule has 1 aromatic carbocycles. The van der Waals surface area contributed by atoms with Crippen molar-refractivity contribution < 1.29 is 12.9 Å². The lowest BCUT2D eigenvalue weighted by atomic mass is 10.1. The molecule has 7 nitrogen and oxygen atoms in total. The van der Waals surface area contributed by atoms with Gasteiger partial charge in [-0.1, -0.05) is 35.5 Å². The molecule has 0 bridgehead atoms. The van der Waals surface area contributed by atoms with Crippen molar-refractivity contribution in [3.63, 3.8) is 0 Å². The third-order valence-electron chi connectivity index (χ3n) is 5.37. The molecule has 1 saturated heterocycles. The zero-order chi connectivity index (χ0) is 19.9. The van der Waals surface area contributed by atoms with Crippen molar-refractivity contribution in [3.05, 3.63) is 53.7 Å². The SMILES string of the molecule is Cc1noc(C)c1S(=O)(=O)N1CCC(n2c(C)cnc2-c2ccccc2)CC1. The summed E-state index contributed by atoms with van der Waals surface area (Å²) < 4.78 is 34.9. The van der Waals surface area contributed by atoms with Crippen LogP contribution in [0.3, 0.4) is 0 Å². The van der Waals surface area contributed by atoms with E-state index >= 15 is 0 Å². The maximum absolute atomic E-state index is 13.0. The summed E-state index contributed by atoms with van der Waals surface area (Å²) in [6.45, 7) is 6.27. The van der Waals surface area contributed by atoms with Crippen molar-refractivity contribution in [3.8, 4) is 11.4 Å². The molecule has 0 aliphatic carbocycles. The first-order chi connectivity index (χ1) is 13.4. The fourth-order valence-electron chi connectivity index (χ4n) is 4.02. The molecular weight excluding hydrogens is 376 g/mol. The molecule has 0 N–H and O–H groups in total. The van der Waals surface area contributed by atoms with E-state index in [1.54, 1.807) is 18.2 Å². The number of nitrogens with zero attached hydrogens (tertiary/aromatic N) is 4. The minimum atomic E-state index is -3.59. The first-order valence-electron chi connectivity index (χ1n) is 9.42. The van der Waals surface area contributed by atoms with E-state index in [0.717, 1.165) is 29.9 Å². The van der Waals surface area contributed by atoms with E-state index in [0.29, 0.717) is 24.5 Å². The number of benzene rings is 1. The lowest BCUT2D eigenvalue weighted by molar-refractivity contribution is 0.273. The van der Waals surface area contributed by atoms with Gasteiger partial charge >= 0.3 is 0 Å². The van der Waals surface area contributed by atoms with Crippen LogP contribution in [0.5, 0.6) is 0 Å². The molecule has 8 heteroatoms. The molecule has 0 unspecified atom stereocenters. The molecule has 0 saturated carbocycles. The standard InChI is InChI=1S/C20H24N4O3S/c1-14-13-21-20(17-7-5-4-6-8-17)24(14)18-9-11-23(12-10-18)28(25,26)19-15(2)22-27-16(19)3/h4-8,13,18H,9-12H2,1-3H3. The molecule has 0 spiro atoms. The number of sulfonamides is 1. The number of aromatic nitrogens is 3. The number of piperidine rings is 1. The number of aryl methyl sites for hydroxylation is 3. The van der Waals surface area contributed by atoms with Crippen molar-refractivity contribution in [1.82, 2.24) is 19.0 Å². The largest absolute Gasteiger partial charge is 0.360 e. The van der Waals surface area contributed by atoms with Gasteiger partial charge in [0.15, 0.2) is 5.76 Å². The van der Waals surface area contributed by atoms with E-state index < -0.39 is 10.0 Å². The molecule has 4 rings (SSSR count). The second-order valence-electron chi connectivity index (χ2n) is 7.25. The van der Waals surface area contributed by atoms with Crippen molar-refractivity contribution in [1.29, 1.82) is 0 Å². The normalized spacial score (nSPS) is 16.5. The first-order valence-corrected chi connectivity index (χ1v) is 10.9. The van der Waals surface area contributed by atoms with E-state index in [2.05, 4.69) is 26.8 Å². The lowest BCUT2D eigenvalue weighted by Crippen LogP contribution is -2.39. The first kappa shape index (κ1) is 18.9. The van der Waals surface area contributed by atoms with Gasteiger partial charge in [-0.15, -0.1) is 0 Å². The molecule has 1 aliphatic heterocycles. The van der Waals surface area contributed by atoms with E-state index in [1.807, 2.05) is 31.3 Å². The maximum Gasteiger partial charge on any atom is 0.248 e. The Morgan fingerprint density at radius 1 is 1.07 bits per heavy atom. The van der Waals surface area contributed by atoms with Crippen molar-refractivity contribution in [2.45, 2.75) is 44.6 Å². The third kappa shape index (κ3) is 3.16. The summed E-state index contributed by atoms with van der Waals surface area (Å²) in [6.07, 6.45) is 3.36. The minimum absolute atomic E-state index is 0.203. The topological polar surface area (TPSA) is 81.2 Å².